The molecule has 110 valence electrons. The van der Waals surface area contributed by atoms with Gasteiger partial charge < -0.3 is 0 Å². The molecule has 0 amide bonds. The minimum Gasteiger partial charge on any atom is -0.233 e. The summed E-state index contributed by atoms with van der Waals surface area (Å²) in [4.78, 5) is 9.23. The van der Waals surface area contributed by atoms with Crippen LogP contribution in [0.2, 0.25) is 0 Å². The summed E-state index contributed by atoms with van der Waals surface area (Å²) in [5.41, 5.74) is 5.51. The molecule has 23 heavy (non-hydrogen) atoms. The van der Waals surface area contributed by atoms with Crippen LogP contribution in [-0.2, 0) is 0 Å². The van der Waals surface area contributed by atoms with E-state index in [9.17, 15) is 0 Å². The summed E-state index contributed by atoms with van der Waals surface area (Å²) < 4.78 is 0. The average Bonchev–Trinajstić information content (AvgIpc) is 2.62. The molecule has 4 rings (SSSR count). The topological polar surface area (TPSA) is 25.8 Å². The fourth-order valence-electron chi connectivity index (χ4n) is 2.89. The van der Waals surface area contributed by atoms with E-state index in [2.05, 4.69) is 59.6 Å². The van der Waals surface area contributed by atoms with E-state index in [1.54, 1.807) is 0 Å². The minimum atomic E-state index is 0.795. The van der Waals surface area contributed by atoms with Crippen LogP contribution >= 0.6 is 0 Å². The lowest BCUT2D eigenvalue weighted by Crippen LogP contribution is -1.94. The first kappa shape index (κ1) is 13.6. The van der Waals surface area contributed by atoms with Crippen molar-refractivity contribution in [3.63, 3.8) is 0 Å². The number of nitrogens with zero attached hydrogens (tertiary/aromatic N) is 2. The molecule has 0 N–H and O–H groups in total. The number of para-hydroxylation sites is 1. The van der Waals surface area contributed by atoms with Crippen molar-refractivity contribution in [2.75, 3.05) is 0 Å². The van der Waals surface area contributed by atoms with Crippen LogP contribution in [0.5, 0.6) is 0 Å². The van der Waals surface area contributed by atoms with Crippen molar-refractivity contribution >= 4 is 10.9 Å². The Kier molecular flexibility index (Phi) is 3.35. The SMILES string of the molecule is Cc1nc(-c2cccc(-c3ccccc3)c2)c2ccccc2n1. The minimum absolute atomic E-state index is 0.795. The third-order valence-electron chi connectivity index (χ3n) is 3.96. The maximum Gasteiger partial charge on any atom is 0.126 e. The zero-order valence-corrected chi connectivity index (χ0v) is 12.9. The lowest BCUT2D eigenvalue weighted by Gasteiger charge is -2.09. The summed E-state index contributed by atoms with van der Waals surface area (Å²) in [6.07, 6.45) is 0. The number of aryl methyl sites for hydroxylation is 1. The molecule has 0 unspecified atom stereocenters. The van der Waals surface area contributed by atoms with E-state index in [0.717, 1.165) is 28.0 Å². The van der Waals surface area contributed by atoms with Crippen LogP contribution in [0.3, 0.4) is 0 Å². The number of rotatable bonds is 2. The molecule has 0 fully saturated rings. The monoisotopic (exact) mass is 296 g/mol. The fraction of sp³-hybridized carbons (Fsp3) is 0.0476. The fourth-order valence-corrected chi connectivity index (χ4v) is 2.89. The molecule has 0 atom stereocenters. The molecule has 0 aliphatic rings. The largest absolute Gasteiger partial charge is 0.233 e. The van der Waals surface area contributed by atoms with Crippen molar-refractivity contribution in [3.05, 3.63) is 84.7 Å². The van der Waals surface area contributed by atoms with Crippen LogP contribution in [0.25, 0.3) is 33.3 Å². The highest BCUT2D eigenvalue weighted by Gasteiger charge is 2.08. The van der Waals surface area contributed by atoms with Gasteiger partial charge in [0.05, 0.1) is 11.2 Å². The van der Waals surface area contributed by atoms with Gasteiger partial charge in [-0.2, -0.15) is 0 Å². The van der Waals surface area contributed by atoms with E-state index < -0.39 is 0 Å². The van der Waals surface area contributed by atoms with Crippen LogP contribution in [-0.4, -0.2) is 9.97 Å². The highest BCUT2D eigenvalue weighted by Crippen LogP contribution is 2.29. The van der Waals surface area contributed by atoms with Gasteiger partial charge in [-0.05, 0) is 30.2 Å². The molecule has 0 aliphatic carbocycles. The van der Waals surface area contributed by atoms with Crippen LogP contribution in [0.1, 0.15) is 5.82 Å². The number of hydrogen-bond donors (Lipinski definition) is 0. The van der Waals surface area contributed by atoms with E-state index in [4.69, 9.17) is 4.98 Å². The average molecular weight is 296 g/mol. The van der Waals surface area contributed by atoms with Crippen LogP contribution in [0.4, 0.5) is 0 Å². The molecule has 0 aliphatic heterocycles. The smallest absolute Gasteiger partial charge is 0.126 e. The van der Waals surface area contributed by atoms with Gasteiger partial charge in [-0.15, -0.1) is 0 Å². The van der Waals surface area contributed by atoms with Crippen molar-refractivity contribution < 1.29 is 0 Å². The van der Waals surface area contributed by atoms with Crippen molar-refractivity contribution in [3.8, 4) is 22.4 Å². The highest BCUT2D eigenvalue weighted by molar-refractivity contribution is 5.93. The predicted molar refractivity (Wildman–Crippen MR) is 95.1 cm³/mol. The Morgan fingerprint density at radius 2 is 1.30 bits per heavy atom. The molecule has 4 aromatic rings. The Bertz CT molecular complexity index is 975. The Labute approximate surface area is 135 Å². The summed E-state index contributed by atoms with van der Waals surface area (Å²) in [6, 6.07) is 27.1. The van der Waals surface area contributed by atoms with Gasteiger partial charge in [0, 0.05) is 10.9 Å². The Morgan fingerprint density at radius 3 is 2.17 bits per heavy atom. The molecule has 1 heterocycles. The third kappa shape index (κ3) is 2.59. The second-order valence-electron chi connectivity index (χ2n) is 5.58. The molecule has 0 spiro atoms. The van der Waals surface area contributed by atoms with E-state index in [0.29, 0.717) is 0 Å². The molecule has 1 aromatic heterocycles. The molecule has 2 heteroatoms. The van der Waals surface area contributed by atoms with Crippen LogP contribution < -0.4 is 0 Å². The van der Waals surface area contributed by atoms with Crippen molar-refractivity contribution in [1.29, 1.82) is 0 Å². The van der Waals surface area contributed by atoms with Crippen molar-refractivity contribution in [2.45, 2.75) is 6.92 Å². The summed E-state index contributed by atoms with van der Waals surface area (Å²) in [5.74, 6) is 0.795. The number of benzene rings is 3. The molecule has 0 saturated carbocycles. The first-order valence-electron chi connectivity index (χ1n) is 7.70. The quantitative estimate of drug-likeness (QED) is 0.503. The maximum atomic E-state index is 4.70. The van der Waals surface area contributed by atoms with Gasteiger partial charge in [0.25, 0.3) is 0 Å². The standard InChI is InChI=1S/C21H16N2/c1-15-22-20-13-6-5-12-19(20)21(23-15)18-11-7-10-17(14-18)16-8-3-2-4-9-16/h2-14H,1H3. The zero-order valence-electron chi connectivity index (χ0n) is 12.9. The maximum absolute atomic E-state index is 4.70. The molecular weight excluding hydrogens is 280 g/mol. The van der Waals surface area contributed by atoms with Gasteiger partial charge in [-0.1, -0.05) is 66.7 Å². The van der Waals surface area contributed by atoms with Crippen molar-refractivity contribution in [2.24, 2.45) is 0 Å². The third-order valence-corrected chi connectivity index (χ3v) is 3.96. The van der Waals surface area contributed by atoms with Crippen LogP contribution in [0, 0.1) is 6.92 Å². The summed E-state index contributed by atoms with van der Waals surface area (Å²) >= 11 is 0. The normalized spacial score (nSPS) is 10.8. The zero-order chi connectivity index (χ0) is 15.6. The van der Waals surface area contributed by atoms with Gasteiger partial charge in [0.15, 0.2) is 0 Å². The van der Waals surface area contributed by atoms with E-state index in [1.807, 2.05) is 31.2 Å². The first-order valence-corrected chi connectivity index (χ1v) is 7.70. The number of fused-ring (bicyclic) bond motifs is 1. The molecule has 0 radical (unpaired) electrons. The van der Waals surface area contributed by atoms with E-state index >= 15 is 0 Å². The molecule has 0 saturated heterocycles. The molecular formula is C21H16N2. The summed E-state index contributed by atoms with van der Waals surface area (Å²) in [5, 5.41) is 1.09. The van der Waals surface area contributed by atoms with Crippen molar-refractivity contribution in [1.82, 2.24) is 9.97 Å². The molecule has 0 bridgehead atoms. The van der Waals surface area contributed by atoms with Gasteiger partial charge in [-0.25, -0.2) is 9.97 Å². The Balaban J connectivity index is 1.92. The number of aromatic nitrogens is 2. The number of hydrogen-bond acceptors (Lipinski definition) is 2. The first-order chi connectivity index (χ1) is 11.3. The second kappa shape index (κ2) is 5.65. The summed E-state index contributed by atoms with van der Waals surface area (Å²) in [6.45, 7) is 1.94. The van der Waals surface area contributed by atoms with Gasteiger partial charge in [-0.3, -0.25) is 0 Å². The lowest BCUT2D eigenvalue weighted by molar-refractivity contribution is 1.10. The van der Waals surface area contributed by atoms with E-state index in [1.165, 1.54) is 11.1 Å². The van der Waals surface area contributed by atoms with E-state index in [-0.39, 0.29) is 0 Å². The second-order valence-corrected chi connectivity index (χ2v) is 5.58. The van der Waals surface area contributed by atoms with Crippen LogP contribution in [0.15, 0.2) is 78.9 Å². The van der Waals surface area contributed by atoms with Gasteiger partial charge in [0.1, 0.15) is 5.82 Å². The molecule has 2 nitrogen and oxygen atoms in total. The summed E-state index contributed by atoms with van der Waals surface area (Å²) in [7, 11) is 0. The van der Waals surface area contributed by atoms with Gasteiger partial charge in [0.2, 0.25) is 0 Å². The Morgan fingerprint density at radius 1 is 0.609 bits per heavy atom. The Hall–Kier alpha value is -3.00. The highest BCUT2D eigenvalue weighted by atomic mass is 14.9. The molecule has 3 aromatic carbocycles. The lowest BCUT2D eigenvalue weighted by atomic mass is 10.00. The predicted octanol–water partition coefficient (Wildman–Crippen LogP) is 5.27. The van der Waals surface area contributed by atoms with Gasteiger partial charge >= 0.3 is 0 Å².